The summed E-state index contributed by atoms with van der Waals surface area (Å²) in [6.45, 7) is 0.703. The Morgan fingerprint density at radius 1 is 1.29 bits per heavy atom. The largest absolute Gasteiger partial charge is 0.305 e. The van der Waals surface area contributed by atoms with Crippen LogP contribution >= 0.6 is 23.2 Å². The highest BCUT2D eigenvalue weighted by molar-refractivity contribution is 6.31. The summed E-state index contributed by atoms with van der Waals surface area (Å²) >= 11 is 12.3. The van der Waals surface area contributed by atoms with Crippen LogP contribution in [0.1, 0.15) is 18.4 Å². The third-order valence-corrected chi connectivity index (χ3v) is 3.76. The second-order valence-electron chi connectivity index (χ2n) is 4.06. The topological polar surface area (TPSA) is 20.3 Å². The van der Waals surface area contributed by atoms with Crippen LogP contribution in [0.25, 0.3) is 0 Å². The number of benzene rings is 1. The second-order valence-corrected chi connectivity index (χ2v) is 4.83. The molecular formula is C13H13Cl2NO. The van der Waals surface area contributed by atoms with Gasteiger partial charge in [-0.05, 0) is 36.5 Å². The van der Waals surface area contributed by atoms with Crippen molar-refractivity contribution in [3.8, 4) is 0 Å². The van der Waals surface area contributed by atoms with Crippen LogP contribution in [0.5, 0.6) is 0 Å². The number of nitrogens with zero attached hydrogens (tertiary/aromatic N) is 1. The van der Waals surface area contributed by atoms with Gasteiger partial charge in [0.2, 0.25) is 6.41 Å². The first-order valence-electron chi connectivity index (χ1n) is 5.55. The molecule has 0 N–H and O–H groups in total. The van der Waals surface area contributed by atoms with E-state index in [2.05, 4.69) is 0 Å². The highest BCUT2D eigenvalue weighted by Crippen LogP contribution is 2.28. The molecule has 0 radical (unpaired) electrons. The van der Waals surface area contributed by atoms with Crippen molar-refractivity contribution >= 4 is 29.6 Å². The quantitative estimate of drug-likeness (QED) is 0.607. The standard InChI is InChI=1S/C13H13Cl2NO/c14-12-6-2-1-4-10(12)8-11-5-3-7-16(9-17)13(11)15/h1-2,4,6,9H,3,5,7-8H2. The van der Waals surface area contributed by atoms with E-state index in [-0.39, 0.29) is 0 Å². The monoisotopic (exact) mass is 269 g/mol. The number of halogens is 2. The summed E-state index contributed by atoms with van der Waals surface area (Å²) in [5.74, 6) is 0. The Kier molecular flexibility index (Phi) is 4.08. The number of hydrogen-bond donors (Lipinski definition) is 0. The number of rotatable bonds is 3. The van der Waals surface area contributed by atoms with Crippen molar-refractivity contribution in [2.45, 2.75) is 19.3 Å². The van der Waals surface area contributed by atoms with Gasteiger partial charge in [0.25, 0.3) is 0 Å². The third-order valence-electron chi connectivity index (χ3n) is 2.91. The lowest BCUT2D eigenvalue weighted by molar-refractivity contribution is -0.116. The molecule has 0 unspecified atom stereocenters. The van der Waals surface area contributed by atoms with Gasteiger partial charge in [-0.1, -0.05) is 41.4 Å². The van der Waals surface area contributed by atoms with Crippen molar-refractivity contribution in [2.75, 3.05) is 6.54 Å². The fourth-order valence-corrected chi connectivity index (χ4v) is 2.49. The molecule has 1 heterocycles. The molecule has 0 aliphatic carbocycles. The van der Waals surface area contributed by atoms with Crippen molar-refractivity contribution in [3.63, 3.8) is 0 Å². The van der Waals surface area contributed by atoms with Crippen LogP contribution in [0.2, 0.25) is 5.02 Å². The van der Waals surface area contributed by atoms with Crippen molar-refractivity contribution in [3.05, 3.63) is 45.6 Å². The van der Waals surface area contributed by atoms with Gasteiger partial charge < -0.3 is 4.90 Å². The number of carbonyl (C=O) groups excluding carboxylic acids is 1. The summed E-state index contributed by atoms with van der Waals surface area (Å²) in [5, 5.41) is 1.30. The van der Waals surface area contributed by atoms with Gasteiger partial charge in [-0.25, -0.2) is 0 Å². The molecule has 1 aliphatic rings. The van der Waals surface area contributed by atoms with Crippen LogP contribution in [0.4, 0.5) is 0 Å². The van der Waals surface area contributed by atoms with E-state index < -0.39 is 0 Å². The maximum Gasteiger partial charge on any atom is 0.214 e. The number of allylic oxidation sites excluding steroid dienone is 1. The molecule has 2 nitrogen and oxygen atoms in total. The van der Waals surface area contributed by atoms with Crippen LogP contribution in [-0.4, -0.2) is 17.9 Å². The van der Waals surface area contributed by atoms with Gasteiger partial charge in [-0.3, -0.25) is 4.79 Å². The van der Waals surface area contributed by atoms with Gasteiger partial charge in [0.15, 0.2) is 0 Å². The molecule has 0 fully saturated rings. The smallest absolute Gasteiger partial charge is 0.214 e. The van der Waals surface area contributed by atoms with E-state index in [0.29, 0.717) is 18.1 Å². The zero-order valence-corrected chi connectivity index (χ0v) is 10.8. The van der Waals surface area contributed by atoms with Crippen LogP contribution < -0.4 is 0 Å². The summed E-state index contributed by atoms with van der Waals surface area (Å²) < 4.78 is 0. The molecule has 90 valence electrons. The Morgan fingerprint density at radius 2 is 2.06 bits per heavy atom. The average molecular weight is 270 g/mol. The fraction of sp³-hybridized carbons (Fsp3) is 0.308. The first-order chi connectivity index (χ1) is 8.22. The van der Waals surface area contributed by atoms with E-state index in [0.717, 1.165) is 35.4 Å². The van der Waals surface area contributed by atoms with E-state index in [9.17, 15) is 4.79 Å². The summed E-state index contributed by atoms with van der Waals surface area (Å²) in [5.41, 5.74) is 2.13. The summed E-state index contributed by atoms with van der Waals surface area (Å²) in [6.07, 6.45) is 3.38. The molecule has 0 bridgehead atoms. The predicted molar refractivity (Wildman–Crippen MR) is 70.0 cm³/mol. The van der Waals surface area contributed by atoms with Crippen LogP contribution in [0.3, 0.4) is 0 Å². The normalized spacial score (nSPS) is 16.2. The van der Waals surface area contributed by atoms with E-state index in [4.69, 9.17) is 23.2 Å². The number of carbonyl (C=O) groups is 1. The molecule has 1 aromatic carbocycles. The van der Waals surface area contributed by atoms with Crippen molar-refractivity contribution in [1.29, 1.82) is 0 Å². The zero-order valence-electron chi connectivity index (χ0n) is 9.33. The molecule has 4 heteroatoms. The summed E-state index contributed by atoms with van der Waals surface area (Å²) in [4.78, 5) is 12.4. The number of amides is 1. The van der Waals surface area contributed by atoms with Crippen molar-refractivity contribution in [2.24, 2.45) is 0 Å². The average Bonchev–Trinajstić information content (AvgIpc) is 2.34. The molecule has 0 saturated heterocycles. The Morgan fingerprint density at radius 3 is 2.76 bits per heavy atom. The Bertz CT molecular complexity index is 456. The maximum absolute atomic E-state index is 10.8. The molecule has 1 amide bonds. The fourth-order valence-electron chi connectivity index (χ4n) is 2.00. The highest BCUT2D eigenvalue weighted by atomic mass is 35.5. The van der Waals surface area contributed by atoms with Crippen LogP contribution in [-0.2, 0) is 11.2 Å². The van der Waals surface area contributed by atoms with E-state index in [1.54, 1.807) is 4.90 Å². The minimum Gasteiger partial charge on any atom is -0.305 e. The minimum atomic E-state index is 0.561. The van der Waals surface area contributed by atoms with Gasteiger partial charge in [-0.15, -0.1) is 0 Å². The van der Waals surface area contributed by atoms with Crippen LogP contribution in [0, 0.1) is 0 Å². The lowest BCUT2D eigenvalue weighted by Crippen LogP contribution is -2.25. The Labute approximate surface area is 111 Å². The molecule has 17 heavy (non-hydrogen) atoms. The van der Waals surface area contributed by atoms with Gasteiger partial charge >= 0.3 is 0 Å². The molecule has 1 aromatic rings. The molecule has 2 rings (SSSR count). The first-order valence-corrected chi connectivity index (χ1v) is 6.31. The lowest BCUT2D eigenvalue weighted by Gasteiger charge is -2.25. The summed E-state index contributed by atoms with van der Waals surface area (Å²) in [6, 6.07) is 7.71. The van der Waals surface area contributed by atoms with Gasteiger partial charge in [-0.2, -0.15) is 0 Å². The number of hydrogen-bond acceptors (Lipinski definition) is 1. The maximum atomic E-state index is 10.8. The Hall–Kier alpha value is -0.990. The molecule has 0 atom stereocenters. The molecule has 0 saturated carbocycles. The SMILES string of the molecule is O=CN1CCCC(Cc2ccccc2Cl)=C1Cl. The van der Waals surface area contributed by atoms with Gasteiger partial charge in [0.05, 0.1) is 0 Å². The predicted octanol–water partition coefficient (Wildman–Crippen LogP) is 3.59. The molecule has 0 spiro atoms. The highest BCUT2D eigenvalue weighted by Gasteiger charge is 2.18. The molecular weight excluding hydrogens is 257 g/mol. The minimum absolute atomic E-state index is 0.561. The van der Waals surface area contributed by atoms with Gasteiger partial charge in [0.1, 0.15) is 5.16 Å². The van der Waals surface area contributed by atoms with E-state index in [1.807, 2.05) is 24.3 Å². The summed E-state index contributed by atoms with van der Waals surface area (Å²) in [7, 11) is 0. The third kappa shape index (κ3) is 2.82. The first kappa shape index (κ1) is 12.5. The van der Waals surface area contributed by atoms with Crippen molar-refractivity contribution < 1.29 is 4.79 Å². The van der Waals surface area contributed by atoms with Gasteiger partial charge in [0, 0.05) is 11.6 Å². The van der Waals surface area contributed by atoms with E-state index in [1.165, 1.54) is 0 Å². The molecule has 0 aromatic heterocycles. The molecule has 1 aliphatic heterocycles. The Balaban J connectivity index is 2.23. The zero-order chi connectivity index (χ0) is 12.3. The second kappa shape index (κ2) is 5.56. The lowest BCUT2D eigenvalue weighted by atomic mass is 9.99. The van der Waals surface area contributed by atoms with E-state index >= 15 is 0 Å². The van der Waals surface area contributed by atoms with Crippen LogP contribution in [0.15, 0.2) is 35.0 Å². The van der Waals surface area contributed by atoms with Crippen molar-refractivity contribution in [1.82, 2.24) is 4.90 Å².